The fourth-order valence-electron chi connectivity index (χ4n) is 4.33. The van der Waals surface area contributed by atoms with Crippen LogP contribution in [0.5, 0.6) is 5.75 Å². The van der Waals surface area contributed by atoms with Gasteiger partial charge in [-0.05, 0) is 80.1 Å². The number of nitrogens with zero attached hydrogens (tertiary/aromatic N) is 2. The monoisotopic (exact) mass is 510 g/mol. The number of thiophene rings is 1. The molecule has 0 spiro atoms. The molecule has 3 aromatic rings. The van der Waals surface area contributed by atoms with Crippen molar-refractivity contribution >= 4 is 34.8 Å². The molecule has 2 aromatic carbocycles. The van der Waals surface area contributed by atoms with Gasteiger partial charge >= 0.3 is 0 Å². The van der Waals surface area contributed by atoms with Crippen LogP contribution in [0.2, 0.25) is 5.02 Å². The zero-order valence-corrected chi connectivity index (χ0v) is 21.9. The van der Waals surface area contributed by atoms with Gasteiger partial charge in [-0.25, -0.2) is 0 Å². The van der Waals surface area contributed by atoms with Gasteiger partial charge in [0.25, 0.3) is 5.91 Å². The molecular formula is C28H31ClN2O3S. The summed E-state index contributed by atoms with van der Waals surface area (Å²) in [5.41, 5.74) is 2.82. The smallest absolute Gasteiger partial charge is 0.254 e. The third-order valence-electron chi connectivity index (χ3n) is 6.62. The lowest BCUT2D eigenvalue weighted by atomic mass is 10.00. The second-order valence-electron chi connectivity index (χ2n) is 8.97. The first-order valence-corrected chi connectivity index (χ1v) is 13.2. The standard InChI is InChI=1S/C28H31ClN2O3S/c1-4-20(3)31(28(33)21-7-5-19(2)6-8-21)17-27(32)30-15-13-26-24(14-16-35-26)25(30)18-34-23-11-9-22(29)10-12-23/h5-12,14,16,20,25H,4,13,15,17-18H2,1-3H3/t20-,25-/m1/s1. The molecule has 35 heavy (non-hydrogen) atoms. The van der Waals surface area contributed by atoms with Crippen LogP contribution >= 0.6 is 22.9 Å². The zero-order valence-electron chi connectivity index (χ0n) is 20.4. The SMILES string of the molecule is CC[C@@H](C)N(CC(=O)N1CCc2sccc2[C@H]1COc1ccc(Cl)cc1)C(=O)c1ccc(C)cc1. The molecule has 0 aliphatic carbocycles. The highest BCUT2D eigenvalue weighted by molar-refractivity contribution is 7.10. The molecule has 184 valence electrons. The number of fused-ring (bicyclic) bond motifs is 1. The predicted molar refractivity (Wildman–Crippen MR) is 141 cm³/mol. The van der Waals surface area contributed by atoms with Gasteiger partial charge in [0.1, 0.15) is 18.9 Å². The van der Waals surface area contributed by atoms with Crippen molar-refractivity contribution in [1.82, 2.24) is 9.80 Å². The van der Waals surface area contributed by atoms with Crippen molar-refractivity contribution in [3.05, 3.63) is 86.6 Å². The Labute approximate surface area is 216 Å². The molecule has 0 radical (unpaired) electrons. The molecule has 1 aromatic heterocycles. The zero-order chi connectivity index (χ0) is 24.9. The molecule has 4 rings (SSSR count). The molecule has 1 aliphatic rings. The lowest BCUT2D eigenvalue weighted by molar-refractivity contribution is -0.136. The molecule has 7 heteroatoms. The number of hydrogen-bond acceptors (Lipinski definition) is 4. The number of amides is 2. The molecule has 2 heterocycles. The second kappa shape index (κ2) is 11.3. The molecule has 0 fully saturated rings. The van der Waals surface area contributed by atoms with Gasteiger partial charge in [0.05, 0.1) is 6.04 Å². The van der Waals surface area contributed by atoms with Crippen molar-refractivity contribution < 1.29 is 14.3 Å². The van der Waals surface area contributed by atoms with E-state index < -0.39 is 0 Å². The number of carbonyl (C=O) groups is 2. The molecule has 0 unspecified atom stereocenters. The number of hydrogen-bond donors (Lipinski definition) is 0. The summed E-state index contributed by atoms with van der Waals surface area (Å²) in [7, 11) is 0. The lowest BCUT2D eigenvalue weighted by Crippen LogP contribution is -2.49. The van der Waals surface area contributed by atoms with Crippen LogP contribution < -0.4 is 4.74 Å². The van der Waals surface area contributed by atoms with Gasteiger partial charge < -0.3 is 14.5 Å². The Kier molecular flexibility index (Phi) is 8.14. The summed E-state index contributed by atoms with van der Waals surface area (Å²) in [5, 5.41) is 2.72. The minimum absolute atomic E-state index is 0.0403. The second-order valence-corrected chi connectivity index (χ2v) is 10.4. The highest BCUT2D eigenvalue weighted by atomic mass is 35.5. The lowest BCUT2D eigenvalue weighted by Gasteiger charge is -2.38. The third-order valence-corrected chi connectivity index (χ3v) is 7.87. The van der Waals surface area contributed by atoms with E-state index in [0.717, 1.165) is 24.0 Å². The number of halogens is 1. The fourth-order valence-corrected chi connectivity index (χ4v) is 5.38. The summed E-state index contributed by atoms with van der Waals surface area (Å²) in [5.74, 6) is 0.530. The van der Waals surface area contributed by atoms with Crippen LogP contribution in [-0.2, 0) is 11.2 Å². The largest absolute Gasteiger partial charge is 0.491 e. The summed E-state index contributed by atoms with van der Waals surface area (Å²) in [6.45, 7) is 7.00. The average molecular weight is 511 g/mol. The van der Waals surface area contributed by atoms with Crippen LogP contribution in [0.3, 0.4) is 0 Å². The third kappa shape index (κ3) is 5.88. The quantitative estimate of drug-likeness (QED) is 0.365. The summed E-state index contributed by atoms with van der Waals surface area (Å²) >= 11 is 7.72. The van der Waals surface area contributed by atoms with E-state index in [2.05, 4.69) is 11.4 Å². The van der Waals surface area contributed by atoms with Gasteiger partial charge in [-0.2, -0.15) is 0 Å². The molecule has 0 saturated heterocycles. The maximum absolute atomic E-state index is 13.7. The number of carbonyl (C=O) groups excluding carboxylic acids is 2. The predicted octanol–water partition coefficient (Wildman–Crippen LogP) is 6.16. The summed E-state index contributed by atoms with van der Waals surface area (Å²) in [6, 6.07) is 16.6. The van der Waals surface area contributed by atoms with Crippen LogP contribution in [0.15, 0.2) is 60.0 Å². The van der Waals surface area contributed by atoms with Gasteiger partial charge in [0.15, 0.2) is 0 Å². The minimum atomic E-state index is -0.207. The normalized spacial score (nSPS) is 15.9. The molecule has 2 atom stereocenters. The van der Waals surface area contributed by atoms with Crippen LogP contribution in [0, 0.1) is 6.92 Å². The van der Waals surface area contributed by atoms with E-state index in [0.29, 0.717) is 29.5 Å². The first-order valence-electron chi connectivity index (χ1n) is 12.0. The van der Waals surface area contributed by atoms with Gasteiger partial charge in [-0.3, -0.25) is 9.59 Å². The number of rotatable bonds is 8. The van der Waals surface area contributed by atoms with Crippen LogP contribution in [0.4, 0.5) is 0 Å². The van der Waals surface area contributed by atoms with E-state index in [1.165, 1.54) is 4.88 Å². The minimum Gasteiger partial charge on any atom is -0.491 e. The molecule has 5 nitrogen and oxygen atoms in total. The van der Waals surface area contributed by atoms with Gasteiger partial charge in [0.2, 0.25) is 5.91 Å². The van der Waals surface area contributed by atoms with Crippen molar-refractivity contribution in [2.45, 2.75) is 45.7 Å². The van der Waals surface area contributed by atoms with E-state index in [1.807, 2.05) is 62.1 Å². The Balaban J connectivity index is 1.54. The molecular weight excluding hydrogens is 480 g/mol. The van der Waals surface area contributed by atoms with Crippen molar-refractivity contribution in [2.75, 3.05) is 19.7 Å². The number of ether oxygens (including phenoxy) is 1. The first kappa shape index (κ1) is 25.3. The van der Waals surface area contributed by atoms with E-state index >= 15 is 0 Å². The Hall–Kier alpha value is -2.83. The Morgan fingerprint density at radius 2 is 1.86 bits per heavy atom. The maximum Gasteiger partial charge on any atom is 0.254 e. The Morgan fingerprint density at radius 3 is 2.54 bits per heavy atom. The van der Waals surface area contributed by atoms with Crippen LogP contribution in [-0.4, -0.2) is 47.4 Å². The number of benzene rings is 2. The molecule has 1 aliphatic heterocycles. The first-order chi connectivity index (χ1) is 16.9. The van der Waals surface area contributed by atoms with E-state index in [-0.39, 0.29) is 30.4 Å². The average Bonchev–Trinajstić information content (AvgIpc) is 3.35. The molecule has 0 N–H and O–H groups in total. The van der Waals surface area contributed by atoms with E-state index in [9.17, 15) is 9.59 Å². The highest BCUT2D eigenvalue weighted by Gasteiger charge is 2.34. The molecule has 0 bridgehead atoms. The Morgan fingerprint density at radius 1 is 1.14 bits per heavy atom. The fraction of sp³-hybridized carbons (Fsp3) is 0.357. The van der Waals surface area contributed by atoms with E-state index in [1.54, 1.807) is 28.4 Å². The van der Waals surface area contributed by atoms with Crippen molar-refractivity contribution in [1.29, 1.82) is 0 Å². The van der Waals surface area contributed by atoms with Crippen molar-refractivity contribution in [2.24, 2.45) is 0 Å². The highest BCUT2D eigenvalue weighted by Crippen LogP contribution is 2.34. The molecule has 0 saturated carbocycles. The summed E-state index contributed by atoms with van der Waals surface area (Å²) < 4.78 is 6.08. The van der Waals surface area contributed by atoms with Crippen LogP contribution in [0.25, 0.3) is 0 Å². The van der Waals surface area contributed by atoms with Gasteiger partial charge in [0, 0.05) is 28.0 Å². The van der Waals surface area contributed by atoms with Crippen molar-refractivity contribution in [3.63, 3.8) is 0 Å². The summed E-state index contributed by atoms with van der Waals surface area (Å²) in [4.78, 5) is 31.9. The van der Waals surface area contributed by atoms with E-state index in [4.69, 9.17) is 16.3 Å². The molecule has 2 amide bonds. The maximum atomic E-state index is 13.7. The van der Waals surface area contributed by atoms with Crippen molar-refractivity contribution in [3.8, 4) is 5.75 Å². The topological polar surface area (TPSA) is 49.9 Å². The summed E-state index contributed by atoms with van der Waals surface area (Å²) in [6.07, 6.45) is 1.58. The van der Waals surface area contributed by atoms with Crippen LogP contribution in [0.1, 0.15) is 52.7 Å². The van der Waals surface area contributed by atoms with Gasteiger partial charge in [-0.15, -0.1) is 11.3 Å². The van der Waals surface area contributed by atoms with Gasteiger partial charge in [-0.1, -0.05) is 36.2 Å². The Bertz CT molecular complexity index is 1160. The number of aryl methyl sites for hydroxylation is 1.